The number of amides is 2. The molecular formula is C15H23N3O2. The Kier molecular flexibility index (Phi) is 5.70. The van der Waals surface area contributed by atoms with Crippen molar-refractivity contribution in [2.75, 3.05) is 18.4 Å². The Balaban J connectivity index is 2.70. The number of rotatable bonds is 5. The molecule has 3 N–H and O–H groups in total. The molecule has 0 aliphatic heterocycles. The summed E-state index contributed by atoms with van der Waals surface area (Å²) in [7, 11) is 0. The lowest BCUT2D eigenvalue weighted by Crippen LogP contribution is -2.40. The second-order valence-corrected chi connectivity index (χ2v) is 5.61. The number of likely N-dealkylation sites (N-methyl/N-ethyl adjacent to an activating group) is 1. The van der Waals surface area contributed by atoms with Gasteiger partial charge in [0.25, 0.3) is 5.91 Å². The van der Waals surface area contributed by atoms with Gasteiger partial charge >= 0.3 is 0 Å². The highest BCUT2D eigenvalue weighted by atomic mass is 16.2. The van der Waals surface area contributed by atoms with Gasteiger partial charge in [0.2, 0.25) is 5.91 Å². The van der Waals surface area contributed by atoms with Crippen molar-refractivity contribution in [1.29, 1.82) is 0 Å². The quantitative estimate of drug-likeness (QED) is 0.768. The van der Waals surface area contributed by atoms with Crippen molar-refractivity contribution < 1.29 is 9.59 Å². The average Bonchev–Trinajstić information content (AvgIpc) is 2.34. The van der Waals surface area contributed by atoms with Gasteiger partial charge in [-0.05, 0) is 45.5 Å². The van der Waals surface area contributed by atoms with E-state index in [4.69, 9.17) is 0 Å². The summed E-state index contributed by atoms with van der Waals surface area (Å²) in [6.07, 6.45) is 0. The highest BCUT2D eigenvalue weighted by Crippen LogP contribution is 2.12. The summed E-state index contributed by atoms with van der Waals surface area (Å²) in [6.45, 7) is 8.70. The third kappa shape index (κ3) is 5.84. The molecule has 0 saturated carbocycles. The molecule has 0 spiro atoms. The molecule has 0 atom stereocenters. The predicted octanol–water partition coefficient (Wildman–Crippen LogP) is 1.76. The van der Waals surface area contributed by atoms with Gasteiger partial charge < -0.3 is 16.0 Å². The molecule has 0 radical (unpaired) electrons. The molecule has 1 aromatic rings. The fourth-order valence-corrected chi connectivity index (χ4v) is 1.59. The van der Waals surface area contributed by atoms with Crippen molar-refractivity contribution in [3.05, 3.63) is 29.8 Å². The van der Waals surface area contributed by atoms with E-state index in [2.05, 4.69) is 16.0 Å². The van der Waals surface area contributed by atoms with Crippen molar-refractivity contribution in [2.45, 2.75) is 33.2 Å². The van der Waals surface area contributed by atoms with Gasteiger partial charge in [-0.25, -0.2) is 0 Å². The van der Waals surface area contributed by atoms with Crippen molar-refractivity contribution >= 4 is 17.5 Å². The van der Waals surface area contributed by atoms with E-state index in [0.29, 0.717) is 11.3 Å². The van der Waals surface area contributed by atoms with Gasteiger partial charge in [0, 0.05) is 16.8 Å². The maximum Gasteiger partial charge on any atom is 0.251 e. The highest BCUT2D eigenvalue weighted by molar-refractivity contribution is 5.97. The third-order valence-corrected chi connectivity index (χ3v) is 2.43. The first-order chi connectivity index (χ1) is 9.31. The van der Waals surface area contributed by atoms with E-state index in [1.807, 2.05) is 27.7 Å². The Morgan fingerprint density at radius 2 is 1.90 bits per heavy atom. The zero-order valence-electron chi connectivity index (χ0n) is 12.5. The Hall–Kier alpha value is -1.88. The number of carbonyl (C=O) groups is 2. The van der Waals surface area contributed by atoms with E-state index in [0.717, 1.165) is 6.54 Å². The molecule has 0 fully saturated rings. The van der Waals surface area contributed by atoms with Crippen LogP contribution in [0.3, 0.4) is 0 Å². The number of nitrogens with one attached hydrogen (secondary N) is 3. The molecule has 1 aromatic carbocycles. The van der Waals surface area contributed by atoms with Crippen molar-refractivity contribution in [3.63, 3.8) is 0 Å². The lowest BCUT2D eigenvalue weighted by Gasteiger charge is -2.20. The van der Waals surface area contributed by atoms with Crippen molar-refractivity contribution in [3.8, 4) is 0 Å². The molecule has 0 saturated heterocycles. The molecule has 0 unspecified atom stereocenters. The standard InChI is InChI=1S/C15H23N3O2/c1-5-16-10-13(19)17-12-8-6-7-11(9-12)14(20)18-15(2,3)4/h6-9,16H,5,10H2,1-4H3,(H,17,19)(H,18,20). The minimum Gasteiger partial charge on any atom is -0.347 e. The topological polar surface area (TPSA) is 70.2 Å². The molecule has 0 aliphatic carbocycles. The minimum absolute atomic E-state index is 0.125. The molecule has 1 rings (SSSR count). The monoisotopic (exact) mass is 277 g/mol. The first-order valence-corrected chi connectivity index (χ1v) is 6.75. The van der Waals surface area contributed by atoms with Gasteiger partial charge in [-0.15, -0.1) is 0 Å². The van der Waals surface area contributed by atoms with Crippen molar-refractivity contribution in [2.24, 2.45) is 0 Å². The van der Waals surface area contributed by atoms with E-state index in [9.17, 15) is 9.59 Å². The number of anilines is 1. The molecule has 2 amide bonds. The number of benzene rings is 1. The molecule has 5 heteroatoms. The van der Waals surface area contributed by atoms with Crippen LogP contribution in [-0.4, -0.2) is 30.4 Å². The summed E-state index contributed by atoms with van der Waals surface area (Å²) in [4.78, 5) is 23.6. The molecule has 5 nitrogen and oxygen atoms in total. The normalized spacial score (nSPS) is 11.0. The molecule has 20 heavy (non-hydrogen) atoms. The Bertz CT molecular complexity index is 478. The van der Waals surface area contributed by atoms with Gasteiger partial charge in [0.15, 0.2) is 0 Å². The van der Waals surface area contributed by atoms with Crippen LogP contribution in [0.15, 0.2) is 24.3 Å². The summed E-state index contributed by atoms with van der Waals surface area (Å²) in [5, 5.41) is 8.59. The largest absolute Gasteiger partial charge is 0.347 e. The van der Waals surface area contributed by atoms with Crippen LogP contribution in [0.1, 0.15) is 38.1 Å². The van der Waals surface area contributed by atoms with Crippen LogP contribution in [0, 0.1) is 0 Å². The third-order valence-electron chi connectivity index (χ3n) is 2.43. The predicted molar refractivity (Wildman–Crippen MR) is 80.8 cm³/mol. The summed E-state index contributed by atoms with van der Waals surface area (Å²) in [6, 6.07) is 6.91. The summed E-state index contributed by atoms with van der Waals surface area (Å²) < 4.78 is 0. The Morgan fingerprint density at radius 3 is 2.50 bits per heavy atom. The molecular weight excluding hydrogens is 254 g/mol. The lowest BCUT2D eigenvalue weighted by atomic mass is 10.1. The van der Waals surface area contributed by atoms with Crippen LogP contribution in [0.4, 0.5) is 5.69 Å². The maximum atomic E-state index is 12.0. The SMILES string of the molecule is CCNCC(=O)Nc1cccc(C(=O)NC(C)(C)C)c1. The molecule has 0 aromatic heterocycles. The number of hydrogen-bond donors (Lipinski definition) is 3. The first-order valence-electron chi connectivity index (χ1n) is 6.75. The Morgan fingerprint density at radius 1 is 1.20 bits per heavy atom. The molecule has 0 heterocycles. The van der Waals surface area contributed by atoms with E-state index in [-0.39, 0.29) is 23.9 Å². The fourth-order valence-electron chi connectivity index (χ4n) is 1.59. The van der Waals surface area contributed by atoms with Crippen LogP contribution in [0.5, 0.6) is 0 Å². The van der Waals surface area contributed by atoms with Crippen molar-refractivity contribution in [1.82, 2.24) is 10.6 Å². The van der Waals surface area contributed by atoms with Crippen LogP contribution in [0.25, 0.3) is 0 Å². The fraction of sp³-hybridized carbons (Fsp3) is 0.467. The average molecular weight is 277 g/mol. The van der Waals surface area contributed by atoms with Crippen LogP contribution < -0.4 is 16.0 Å². The molecule has 110 valence electrons. The minimum atomic E-state index is -0.290. The van der Waals surface area contributed by atoms with Gasteiger partial charge in [0.1, 0.15) is 0 Å². The lowest BCUT2D eigenvalue weighted by molar-refractivity contribution is -0.115. The molecule has 0 bridgehead atoms. The van der Waals surface area contributed by atoms with E-state index >= 15 is 0 Å². The summed E-state index contributed by atoms with van der Waals surface area (Å²) in [5.74, 6) is -0.277. The second kappa shape index (κ2) is 7.05. The van der Waals surface area contributed by atoms with Crippen LogP contribution in [0.2, 0.25) is 0 Å². The maximum absolute atomic E-state index is 12.0. The first kappa shape index (κ1) is 16.2. The summed E-state index contributed by atoms with van der Waals surface area (Å²) >= 11 is 0. The highest BCUT2D eigenvalue weighted by Gasteiger charge is 2.15. The van der Waals surface area contributed by atoms with Gasteiger partial charge in [0.05, 0.1) is 6.54 Å². The smallest absolute Gasteiger partial charge is 0.251 e. The van der Waals surface area contributed by atoms with Gasteiger partial charge in [-0.3, -0.25) is 9.59 Å². The number of carbonyl (C=O) groups excluding carboxylic acids is 2. The van der Waals surface area contributed by atoms with Gasteiger partial charge in [-0.1, -0.05) is 13.0 Å². The summed E-state index contributed by atoms with van der Waals surface area (Å²) in [5.41, 5.74) is 0.858. The number of hydrogen-bond acceptors (Lipinski definition) is 3. The van der Waals surface area contributed by atoms with Gasteiger partial charge in [-0.2, -0.15) is 0 Å². The van der Waals surface area contributed by atoms with E-state index < -0.39 is 0 Å². The zero-order chi connectivity index (χ0) is 15.2. The van der Waals surface area contributed by atoms with Crippen LogP contribution >= 0.6 is 0 Å². The van der Waals surface area contributed by atoms with Crippen LogP contribution in [-0.2, 0) is 4.79 Å². The van der Waals surface area contributed by atoms with E-state index in [1.165, 1.54) is 0 Å². The van der Waals surface area contributed by atoms with E-state index in [1.54, 1.807) is 24.3 Å². The second-order valence-electron chi connectivity index (χ2n) is 5.61. The zero-order valence-corrected chi connectivity index (χ0v) is 12.5. The molecule has 0 aliphatic rings. The Labute approximate surface area is 120 Å².